The van der Waals surface area contributed by atoms with Crippen LogP contribution in [0.15, 0.2) is 168 Å². The van der Waals surface area contributed by atoms with Crippen molar-refractivity contribution >= 4 is 66.6 Å². The van der Waals surface area contributed by atoms with Crippen LogP contribution in [-0.4, -0.2) is 10.2 Å². The average Bonchev–Trinajstić information content (AvgIpc) is 3.23. The summed E-state index contributed by atoms with van der Waals surface area (Å²) < 4.78 is 0. The molecule has 0 aromatic heterocycles. The number of phenolic OH excluding ortho intramolecular Hbond substituents is 2. The predicted octanol–water partition coefficient (Wildman–Crippen LogP) is 16.2. The zero-order valence-corrected chi connectivity index (χ0v) is 36.8. The van der Waals surface area contributed by atoms with Crippen molar-refractivity contribution in [2.75, 3.05) is 0 Å². The van der Waals surface area contributed by atoms with Crippen LogP contribution in [0.1, 0.15) is 63.8 Å². The molecule has 0 saturated carbocycles. The number of hydrogen-bond acceptors (Lipinski definition) is 4. The van der Waals surface area contributed by atoms with Gasteiger partial charge in [-0.3, -0.25) is 0 Å². The Labute approximate surface area is 362 Å². The smallest absolute Gasteiger partial charge is 0.127 e. The quantitative estimate of drug-likeness (QED) is 0.118. The van der Waals surface area contributed by atoms with Crippen LogP contribution in [0, 0.1) is 0 Å². The number of fused-ring (bicyclic) bond motifs is 4. The van der Waals surface area contributed by atoms with Crippen molar-refractivity contribution in [3.63, 3.8) is 0 Å². The van der Waals surface area contributed by atoms with E-state index in [2.05, 4.69) is 199 Å². The molecule has 0 aliphatic rings. The first kappa shape index (κ1) is 39.8. The second-order valence-corrected chi connectivity index (χ2v) is 20.0. The van der Waals surface area contributed by atoms with Crippen molar-refractivity contribution < 1.29 is 10.2 Å². The van der Waals surface area contributed by atoms with Gasteiger partial charge >= 0.3 is 0 Å². The van der Waals surface area contributed by atoms with Gasteiger partial charge in [-0.25, -0.2) is 0 Å². The van der Waals surface area contributed by atoms with Crippen LogP contribution in [0.4, 0.5) is 0 Å². The largest absolute Gasteiger partial charge is 0.507 e. The van der Waals surface area contributed by atoms with Crippen molar-refractivity contribution in [2.24, 2.45) is 0 Å². The molecule has 0 aliphatic heterocycles. The predicted molar refractivity (Wildman–Crippen MR) is 260 cm³/mol. The standard InChI is InChI=1S/C56H50O2S2/c1-55(2,3)41-29-39(53(57)47(31-41)51-43-21-11-7-17-35(43)27-36-18-8-12-22-44(36)51)33-59-49-25-15-16-26-50(49)60-34-40-30-42(56(4,5)6)32-48(54(40)58)52-45-23-13-9-19-37(45)28-38-20-10-14-24-46(38)52/h7-32,57-58H,33-34H2,1-6H3. The Morgan fingerprint density at radius 2 is 0.683 bits per heavy atom. The Hall–Kier alpha value is -5.68. The molecule has 298 valence electrons. The molecular weight excluding hydrogens is 769 g/mol. The first-order valence-electron chi connectivity index (χ1n) is 20.7. The van der Waals surface area contributed by atoms with E-state index in [-0.39, 0.29) is 10.8 Å². The summed E-state index contributed by atoms with van der Waals surface area (Å²) in [4.78, 5) is 2.29. The zero-order valence-electron chi connectivity index (χ0n) is 35.1. The molecule has 2 N–H and O–H groups in total. The Morgan fingerprint density at radius 3 is 1.00 bits per heavy atom. The molecule has 0 spiro atoms. The molecule has 2 nitrogen and oxygen atoms in total. The fraction of sp³-hybridized carbons (Fsp3) is 0.179. The molecule has 0 unspecified atom stereocenters. The summed E-state index contributed by atoms with van der Waals surface area (Å²) in [6.07, 6.45) is 0. The van der Waals surface area contributed by atoms with Crippen molar-refractivity contribution in [1.29, 1.82) is 0 Å². The normalized spacial score (nSPS) is 12.2. The molecule has 0 bridgehead atoms. The molecule has 0 heterocycles. The van der Waals surface area contributed by atoms with Gasteiger partial charge in [0.15, 0.2) is 0 Å². The molecule has 0 saturated heterocycles. The number of benzene rings is 9. The topological polar surface area (TPSA) is 40.5 Å². The van der Waals surface area contributed by atoms with Gasteiger partial charge < -0.3 is 10.2 Å². The van der Waals surface area contributed by atoms with Gasteiger partial charge in [-0.15, -0.1) is 23.5 Å². The summed E-state index contributed by atoms with van der Waals surface area (Å²) in [6.45, 7) is 13.4. The highest BCUT2D eigenvalue weighted by atomic mass is 32.2. The molecular formula is C56H50O2S2. The van der Waals surface area contributed by atoms with Gasteiger partial charge in [0, 0.05) is 54.7 Å². The summed E-state index contributed by atoms with van der Waals surface area (Å²) in [7, 11) is 0. The van der Waals surface area contributed by atoms with Gasteiger partial charge in [-0.2, -0.15) is 0 Å². The molecule has 9 aromatic carbocycles. The molecule has 9 aromatic rings. The van der Waals surface area contributed by atoms with Gasteiger partial charge in [-0.1, -0.05) is 163 Å². The van der Waals surface area contributed by atoms with Crippen LogP contribution in [0.3, 0.4) is 0 Å². The lowest BCUT2D eigenvalue weighted by Gasteiger charge is -2.24. The van der Waals surface area contributed by atoms with E-state index >= 15 is 0 Å². The maximum Gasteiger partial charge on any atom is 0.127 e. The fourth-order valence-corrected chi connectivity index (χ4v) is 10.6. The number of phenols is 2. The monoisotopic (exact) mass is 818 g/mol. The van der Waals surface area contributed by atoms with E-state index in [0.29, 0.717) is 23.0 Å². The van der Waals surface area contributed by atoms with Gasteiger partial charge in [0.25, 0.3) is 0 Å². The summed E-state index contributed by atoms with van der Waals surface area (Å²) in [5.74, 6) is 1.87. The maximum absolute atomic E-state index is 12.3. The van der Waals surface area contributed by atoms with Crippen LogP contribution in [-0.2, 0) is 22.3 Å². The van der Waals surface area contributed by atoms with Gasteiger partial charge in [0.05, 0.1) is 0 Å². The fourth-order valence-electron chi connectivity index (χ4n) is 8.46. The van der Waals surface area contributed by atoms with Crippen LogP contribution in [0.2, 0.25) is 0 Å². The third kappa shape index (κ3) is 7.53. The SMILES string of the molecule is CC(C)(C)c1cc(CSc2ccccc2SCc2cc(C(C)(C)C)cc(-c3c4ccccc4cc4ccccc34)c2O)c(O)c(-c2c3ccccc3cc3ccccc23)c1. The molecule has 0 amide bonds. The highest BCUT2D eigenvalue weighted by Crippen LogP contribution is 2.48. The number of rotatable bonds is 8. The van der Waals surface area contributed by atoms with E-state index in [4.69, 9.17) is 0 Å². The Morgan fingerprint density at radius 1 is 0.383 bits per heavy atom. The summed E-state index contributed by atoms with van der Waals surface area (Å²) >= 11 is 3.50. The molecule has 60 heavy (non-hydrogen) atoms. The maximum atomic E-state index is 12.3. The van der Waals surface area contributed by atoms with Gasteiger partial charge in [0.1, 0.15) is 11.5 Å². The number of thioether (sulfide) groups is 2. The van der Waals surface area contributed by atoms with Crippen molar-refractivity contribution in [1.82, 2.24) is 0 Å². The summed E-state index contributed by atoms with van der Waals surface area (Å²) in [5, 5.41) is 33.7. The van der Waals surface area contributed by atoms with Crippen LogP contribution >= 0.6 is 23.5 Å². The summed E-state index contributed by atoms with van der Waals surface area (Å²) in [5.41, 5.74) is 7.85. The van der Waals surface area contributed by atoms with E-state index in [1.165, 1.54) is 11.1 Å². The number of hydrogen-bond donors (Lipinski definition) is 2. The Bertz CT molecular complexity index is 2780. The molecule has 9 rings (SSSR count). The van der Waals surface area contributed by atoms with E-state index in [1.807, 2.05) is 0 Å². The average molecular weight is 819 g/mol. The van der Waals surface area contributed by atoms with Crippen molar-refractivity contribution in [2.45, 2.75) is 73.7 Å². The lowest BCUT2D eigenvalue weighted by atomic mass is 9.82. The molecule has 0 aliphatic carbocycles. The van der Waals surface area contributed by atoms with Crippen molar-refractivity contribution in [3.8, 4) is 33.8 Å². The minimum absolute atomic E-state index is 0.128. The molecule has 0 radical (unpaired) electrons. The van der Waals surface area contributed by atoms with E-state index < -0.39 is 0 Å². The van der Waals surface area contributed by atoms with E-state index in [0.717, 1.165) is 86.3 Å². The van der Waals surface area contributed by atoms with Crippen LogP contribution in [0.5, 0.6) is 11.5 Å². The van der Waals surface area contributed by atoms with Crippen LogP contribution in [0.25, 0.3) is 65.3 Å². The third-order valence-corrected chi connectivity index (χ3v) is 14.2. The molecule has 0 fully saturated rings. The highest BCUT2D eigenvalue weighted by Gasteiger charge is 2.24. The Kier molecular flexibility index (Phi) is 10.4. The van der Waals surface area contributed by atoms with E-state index in [9.17, 15) is 10.2 Å². The lowest BCUT2D eigenvalue weighted by Crippen LogP contribution is -2.12. The Balaban J connectivity index is 1.08. The lowest BCUT2D eigenvalue weighted by molar-refractivity contribution is 0.471. The van der Waals surface area contributed by atoms with Gasteiger partial charge in [0.2, 0.25) is 0 Å². The first-order valence-corrected chi connectivity index (χ1v) is 22.7. The second-order valence-electron chi connectivity index (χ2n) is 18.0. The van der Waals surface area contributed by atoms with E-state index in [1.54, 1.807) is 23.5 Å². The van der Waals surface area contributed by atoms with Crippen LogP contribution < -0.4 is 0 Å². The molecule has 4 heteroatoms. The minimum atomic E-state index is -0.128. The first-order chi connectivity index (χ1) is 28.8. The number of aromatic hydroxyl groups is 2. The summed E-state index contributed by atoms with van der Waals surface area (Å²) in [6, 6.07) is 55.8. The van der Waals surface area contributed by atoms with Gasteiger partial charge in [-0.05, 0) is 101 Å². The zero-order chi connectivity index (χ0) is 41.8. The minimum Gasteiger partial charge on any atom is -0.507 e. The third-order valence-electron chi connectivity index (χ3n) is 11.8. The highest BCUT2D eigenvalue weighted by molar-refractivity contribution is 8.01. The second kappa shape index (κ2) is 15.7. The van der Waals surface area contributed by atoms with Crippen molar-refractivity contribution in [3.05, 3.63) is 180 Å². The molecule has 0 atom stereocenters.